The van der Waals surface area contributed by atoms with Crippen molar-refractivity contribution in [1.82, 2.24) is 14.9 Å². The molecule has 0 spiro atoms. The van der Waals surface area contributed by atoms with E-state index in [4.69, 9.17) is 9.84 Å². The summed E-state index contributed by atoms with van der Waals surface area (Å²) in [6.45, 7) is 2.76. The van der Waals surface area contributed by atoms with Crippen molar-refractivity contribution in [3.05, 3.63) is 53.5 Å². The number of morpholine rings is 1. The normalized spacial score (nSPS) is 16.5. The van der Waals surface area contributed by atoms with E-state index in [1.54, 1.807) is 0 Å². The van der Waals surface area contributed by atoms with Crippen LogP contribution in [0.2, 0.25) is 0 Å². The van der Waals surface area contributed by atoms with Gasteiger partial charge < -0.3 is 15.2 Å². The Balaban J connectivity index is 1.76. The molecule has 150 valence electrons. The fourth-order valence-corrected chi connectivity index (χ4v) is 2.97. The molecule has 0 saturated carbocycles. The zero-order valence-corrected chi connectivity index (χ0v) is 14.8. The van der Waals surface area contributed by atoms with E-state index >= 15 is 0 Å². The Morgan fingerprint density at radius 1 is 1.18 bits per heavy atom. The van der Waals surface area contributed by atoms with Crippen LogP contribution in [0, 0.1) is 0 Å². The van der Waals surface area contributed by atoms with Crippen molar-refractivity contribution in [2.75, 3.05) is 38.2 Å². The smallest absolute Gasteiger partial charge is 0.416 e. The zero-order chi connectivity index (χ0) is 20.1. The van der Waals surface area contributed by atoms with E-state index in [-0.39, 0.29) is 11.7 Å². The van der Waals surface area contributed by atoms with E-state index in [9.17, 15) is 18.0 Å². The molecule has 1 saturated heterocycles. The van der Waals surface area contributed by atoms with Crippen LogP contribution < -0.4 is 5.32 Å². The first kappa shape index (κ1) is 20.0. The standard InChI is InChI=1S/C18H19F3N4O3/c19-18(20,21)13-3-1-12(2-4-13)15(25-5-7-28-8-6-25)10-24-16-11-22-14(9-23-16)17(26)27/h1-4,9,11,15H,5-8,10H2,(H,23,24)(H,26,27). The number of alkyl halides is 3. The van der Waals surface area contributed by atoms with Crippen molar-refractivity contribution in [1.29, 1.82) is 0 Å². The highest BCUT2D eigenvalue weighted by Crippen LogP contribution is 2.31. The van der Waals surface area contributed by atoms with Gasteiger partial charge in [-0.1, -0.05) is 12.1 Å². The summed E-state index contributed by atoms with van der Waals surface area (Å²) < 4.78 is 43.9. The van der Waals surface area contributed by atoms with E-state index in [0.717, 1.165) is 23.9 Å². The minimum absolute atomic E-state index is 0.169. The molecule has 0 aliphatic carbocycles. The number of hydrogen-bond acceptors (Lipinski definition) is 6. The third kappa shape index (κ3) is 4.96. The number of nitrogens with zero attached hydrogens (tertiary/aromatic N) is 3. The summed E-state index contributed by atoms with van der Waals surface area (Å²) in [6.07, 6.45) is -1.92. The third-order valence-corrected chi connectivity index (χ3v) is 4.46. The first-order valence-corrected chi connectivity index (χ1v) is 8.63. The largest absolute Gasteiger partial charge is 0.476 e. The van der Waals surface area contributed by atoms with Crippen molar-refractivity contribution in [2.24, 2.45) is 0 Å². The van der Waals surface area contributed by atoms with E-state index in [0.29, 0.717) is 38.7 Å². The molecule has 1 atom stereocenters. The van der Waals surface area contributed by atoms with Gasteiger partial charge in [-0.05, 0) is 17.7 Å². The van der Waals surface area contributed by atoms with Crippen LogP contribution in [-0.4, -0.2) is 58.8 Å². The van der Waals surface area contributed by atoms with Crippen LogP contribution in [0.15, 0.2) is 36.7 Å². The third-order valence-electron chi connectivity index (χ3n) is 4.46. The molecule has 2 N–H and O–H groups in total. The second-order valence-corrected chi connectivity index (χ2v) is 6.26. The summed E-state index contributed by atoms with van der Waals surface area (Å²) in [5.74, 6) is -0.787. The van der Waals surface area contributed by atoms with Crippen LogP contribution in [-0.2, 0) is 10.9 Å². The maximum Gasteiger partial charge on any atom is 0.416 e. The van der Waals surface area contributed by atoms with Gasteiger partial charge in [-0.15, -0.1) is 0 Å². The zero-order valence-electron chi connectivity index (χ0n) is 14.8. The molecule has 0 radical (unpaired) electrons. The fraction of sp³-hybridized carbons (Fsp3) is 0.389. The number of carboxylic acids is 1. The lowest BCUT2D eigenvalue weighted by molar-refractivity contribution is -0.137. The molecule has 1 fully saturated rings. The number of hydrogen-bond donors (Lipinski definition) is 2. The molecule has 1 unspecified atom stereocenters. The summed E-state index contributed by atoms with van der Waals surface area (Å²) in [5.41, 5.74) is -0.129. The van der Waals surface area contributed by atoms with Crippen LogP contribution in [0.5, 0.6) is 0 Å². The lowest BCUT2D eigenvalue weighted by Gasteiger charge is -2.35. The Hall–Kier alpha value is -2.72. The first-order valence-electron chi connectivity index (χ1n) is 8.63. The summed E-state index contributed by atoms with van der Waals surface area (Å²) in [6, 6.07) is 4.90. The van der Waals surface area contributed by atoms with Crippen LogP contribution in [0.3, 0.4) is 0 Å². The van der Waals surface area contributed by atoms with Gasteiger partial charge in [0, 0.05) is 19.6 Å². The number of ether oxygens (including phenoxy) is 1. The van der Waals surface area contributed by atoms with Crippen LogP contribution in [0.25, 0.3) is 0 Å². The molecule has 3 rings (SSSR count). The molecular weight excluding hydrogens is 377 g/mol. The number of halogens is 3. The summed E-state index contributed by atoms with van der Waals surface area (Å²) >= 11 is 0. The number of carboxylic acid groups (broad SMARTS) is 1. The number of rotatable bonds is 6. The van der Waals surface area contributed by atoms with Gasteiger partial charge in [-0.3, -0.25) is 4.90 Å². The fourth-order valence-electron chi connectivity index (χ4n) is 2.97. The molecule has 0 bridgehead atoms. The highest BCUT2D eigenvalue weighted by atomic mass is 19.4. The molecule has 1 aromatic carbocycles. The quantitative estimate of drug-likeness (QED) is 0.776. The number of nitrogens with one attached hydrogen (secondary N) is 1. The maximum absolute atomic E-state index is 12.8. The second kappa shape index (κ2) is 8.53. The predicted molar refractivity (Wildman–Crippen MR) is 94.1 cm³/mol. The Kier molecular flexibility index (Phi) is 6.10. The number of carbonyl (C=O) groups is 1. The van der Waals surface area contributed by atoms with Gasteiger partial charge in [0.25, 0.3) is 0 Å². The predicted octanol–water partition coefficient (Wildman–Crippen LogP) is 2.68. The van der Waals surface area contributed by atoms with Crippen LogP contribution in [0.1, 0.15) is 27.7 Å². The Labute approximate surface area is 159 Å². The Morgan fingerprint density at radius 2 is 1.86 bits per heavy atom. The highest BCUT2D eigenvalue weighted by molar-refractivity contribution is 5.84. The van der Waals surface area contributed by atoms with Crippen molar-refractivity contribution in [3.8, 4) is 0 Å². The van der Waals surface area contributed by atoms with Gasteiger partial charge >= 0.3 is 12.1 Å². The summed E-state index contributed by atoms with van der Waals surface area (Å²) in [4.78, 5) is 20.8. The van der Waals surface area contributed by atoms with Gasteiger partial charge in [0.1, 0.15) is 5.82 Å². The minimum Gasteiger partial charge on any atom is -0.476 e. The number of aromatic nitrogens is 2. The lowest BCUT2D eigenvalue weighted by atomic mass is 10.0. The van der Waals surface area contributed by atoms with Crippen molar-refractivity contribution >= 4 is 11.8 Å². The Bertz CT molecular complexity index is 791. The molecule has 2 aromatic rings. The highest BCUT2D eigenvalue weighted by Gasteiger charge is 2.31. The van der Waals surface area contributed by atoms with Gasteiger partial charge in [0.15, 0.2) is 5.69 Å². The van der Waals surface area contributed by atoms with Gasteiger partial charge in [-0.2, -0.15) is 13.2 Å². The molecule has 1 aliphatic rings. The number of benzene rings is 1. The molecule has 10 heteroatoms. The summed E-state index contributed by atoms with van der Waals surface area (Å²) in [5, 5.41) is 12.0. The molecule has 1 aliphatic heterocycles. The monoisotopic (exact) mass is 396 g/mol. The van der Waals surface area contributed by atoms with E-state index in [2.05, 4.69) is 20.2 Å². The second-order valence-electron chi connectivity index (χ2n) is 6.26. The molecule has 28 heavy (non-hydrogen) atoms. The van der Waals surface area contributed by atoms with E-state index in [1.165, 1.54) is 18.3 Å². The van der Waals surface area contributed by atoms with Crippen LogP contribution >= 0.6 is 0 Å². The first-order chi connectivity index (χ1) is 13.3. The van der Waals surface area contributed by atoms with Crippen LogP contribution in [0.4, 0.5) is 19.0 Å². The molecular formula is C18H19F3N4O3. The molecule has 0 amide bonds. The number of anilines is 1. The van der Waals surface area contributed by atoms with Gasteiger partial charge in [-0.25, -0.2) is 14.8 Å². The topological polar surface area (TPSA) is 87.6 Å². The van der Waals surface area contributed by atoms with E-state index < -0.39 is 17.7 Å². The average molecular weight is 396 g/mol. The maximum atomic E-state index is 12.8. The molecule has 7 nitrogen and oxygen atoms in total. The van der Waals surface area contributed by atoms with Gasteiger partial charge in [0.05, 0.1) is 37.2 Å². The molecule has 2 heterocycles. The minimum atomic E-state index is -4.38. The molecule has 1 aromatic heterocycles. The average Bonchev–Trinajstić information content (AvgIpc) is 2.69. The number of aromatic carboxylic acids is 1. The lowest BCUT2D eigenvalue weighted by Crippen LogP contribution is -2.41. The van der Waals surface area contributed by atoms with Gasteiger partial charge in [0.2, 0.25) is 0 Å². The van der Waals surface area contributed by atoms with Crippen molar-refractivity contribution in [3.63, 3.8) is 0 Å². The summed E-state index contributed by atoms with van der Waals surface area (Å²) in [7, 11) is 0. The van der Waals surface area contributed by atoms with Crippen molar-refractivity contribution < 1.29 is 27.8 Å². The van der Waals surface area contributed by atoms with E-state index in [1.807, 2.05) is 0 Å². The van der Waals surface area contributed by atoms with Crippen molar-refractivity contribution in [2.45, 2.75) is 12.2 Å². The Morgan fingerprint density at radius 3 is 2.39 bits per heavy atom. The SMILES string of the molecule is O=C(O)c1cnc(NCC(c2ccc(C(F)(F)F)cc2)N2CCOCC2)cn1.